The van der Waals surface area contributed by atoms with Gasteiger partial charge in [-0.3, -0.25) is 19.3 Å². The molecular formula is C28H43NO9. The highest BCUT2D eigenvalue weighted by molar-refractivity contribution is 6.21. The summed E-state index contributed by atoms with van der Waals surface area (Å²) in [6, 6.07) is 6.81. The van der Waals surface area contributed by atoms with E-state index in [1.54, 1.807) is 24.3 Å². The molecule has 0 aliphatic carbocycles. The van der Waals surface area contributed by atoms with Gasteiger partial charge in [0.15, 0.2) is 0 Å². The standard InChI is InChI=1S/C28H43NO9/c1-2-3-4-5-6-11-26(30)38-23-22-37-21-20-36-19-18-35-17-16-34-15-14-33-13-12-29-27(31)24-9-7-8-10-25(24)28(29)32/h7-10H,2-6,11-23H2,1H3. The Bertz CT molecular complexity index is 782. The predicted molar refractivity (Wildman–Crippen MR) is 140 cm³/mol. The Morgan fingerprint density at radius 3 is 1.58 bits per heavy atom. The number of unbranched alkanes of at least 4 members (excludes halogenated alkanes) is 4. The maximum absolute atomic E-state index is 12.3. The quantitative estimate of drug-likeness (QED) is 0.111. The molecule has 0 unspecified atom stereocenters. The molecule has 2 amide bonds. The first-order valence-corrected chi connectivity index (χ1v) is 13.6. The molecule has 1 heterocycles. The van der Waals surface area contributed by atoms with Gasteiger partial charge in [0.25, 0.3) is 11.8 Å². The number of ether oxygens (including phenoxy) is 6. The molecule has 0 bridgehead atoms. The monoisotopic (exact) mass is 537 g/mol. The third-order valence-corrected chi connectivity index (χ3v) is 5.80. The molecule has 0 N–H and O–H groups in total. The van der Waals surface area contributed by atoms with Gasteiger partial charge in [0, 0.05) is 6.42 Å². The number of carbonyl (C=O) groups excluding carboxylic acids is 3. The van der Waals surface area contributed by atoms with Crippen LogP contribution in [0.4, 0.5) is 0 Å². The molecule has 10 nitrogen and oxygen atoms in total. The van der Waals surface area contributed by atoms with E-state index in [-0.39, 0.29) is 37.5 Å². The summed E-state index contributed by atoms with van der Waals surface area (Å²) in [4.78, 5) is 37.3. The van der Waals surface area contributed by atoms with Gasteiger partial charge < -0.3 is 28.4 Å². The van der Waals surface area contributed by atoms with Gasteiger partial charge in [-0.1, -0.05) is 44.7 Å². The average Bonchev–Trinajstić information content (AvgIpc) is 3.17. The molecule has 0 radical (unpaired) electrons. The second-order valence-electron chi connectivity index (χ2n) is 8.75. The van der Waals surface area contributed by atoms with Gasteiger partial charge in [-0.25, -0.2) is 0 Å². The molecule has 0 saturated carbocycles. The van der Waals surface area contributed by atoms with E-state index in [1.807, 2.05) is 0 Å². The summed E-state index contributed by atoms with van der Waals surface area (Å²) in [6.07, 6.45) is 6.03. The van der Waals surface area contributed by atoms with E-state index in [1.165, 1.54) is 24.2 Å². The van der Waals surface area contributed by atoms with Crippen LogP contribution in [0, 0.1) is 0 Å². The summed E-state index contributed by atoms with van der Waals surface area (Å²) in [6.45, 7) is 6.71. The SMILES string of the molecule is CCCCCCCC(=O)OCCOCCOCCOCCOCCOCCN1C(=O)c2ccccc2C1=O. The minimum Gasteiger partial charge on any atom is -0.463 e. The van der Waals surface area contributed by atoms with E-state index in [9.17, 15) is 14.4 Å². The number of nitrogens with zero attached hydrogens (tertiary/aromatic N) is 1. The summed E-state index contributed by atoms with van der Waals surface area (Å²) < 4.78 is 32.3. The van der Waals surface area contributed by atoms with Crippen molar-refractivity contribution in [1.29, 1.82) is 0 Å². The molecule has 10 heteroatoms. The Kier molecular flexibility index (Phi) is 17.2. The fourth-order valence-corrected chi connectivity index (χ4v) is 3.74. The number of hydrogen-bond donors (Lipinski definition) is 0. The van der Waals surface area contributed by atoms with Crippen LogP contribution in [0.15, 0.2) is 24.3 Å². The fourth-order valence-electron chi connectivity index (χ4n) is 3.74. The number of imide groups is 1. The van der Waals surface area contributed by atoms with Gasteiger partial charge in [0.2, 0.25) is 0 Å². The van der Waals surface area contributed by atoms with Crippen LogP contribution in [0.25, 0.3) is 0 Å². The maximum Gasteiger partial charge on any atom is 0.305 e. The number of hydrogen-bond acceptors (Lipinski definition) is 9. The second kappa shape index (κ2) is 20.6. The van der Waals surface area contributed by atoms with E-state index >= 15 is 0 Å². The van der Waals surface area contributed by atoms with E-state index in [0.29, 0.717) is 77.0 Å². The average molecular weight is 538 g/mol. The van der Waals surface area contributed by atoms with Gasteiger partial charge in [-0.05, 0) is 18.6 Å². The van der Waals surface area contributed by atoms with E-state index in [2.05, 4.69) is 6.92 Å². The third-order valence-electron chi connectivity index (χ3n) is 5.80. The molecule has 38 heavy (non-hydrogen) atoms. The van der Waals surface area contributed by atoms with Crippen LogP contribution in [0.3, 0.4) is 0 Å². The van der Waals surface area contributed by atoms with Gasteiger partial charge in [-0.15, -0.1) is 0 Å². The summed E-state index contributed by atoms with van der Waals surface area (Å²) in [5.41, 5.74) is 0.885. The smallest absolute Gasteiger partial charge is 0.305 e. The number of amides is 2. The van der Waals surface area contributed by atoms with E-state index in [0.717, 1.165) is 12.8 Å². The van der Waals surface area contributed by atoms with Crippen LogP contribution in [0.2, 0.25) is 0 Å². The lowest BCUT2D eigenvalue weighted by Crippen LogP contribution is -2.33. The Hall–Kier alpha value is -2.37. The van der Waals surface area contributed by atoms with Gasteiger partial charge in [0.1, 0.15) is 6.61 Å². The van der Waals surface area contributed by atoms with Crippen molar-refractivity contribution in [1.82, 2.24) is 4.90 Å². The lowest BCUT2D eigenvalue weighted by molar-refractivity contribution is -0.145. The number of esters is 1. The van der Waals surface area contributed by atoms with Crippen molar-refractivity contribution in [3.8, 4) is 0 Å². The molecule has 0 saturated heterocycles. The van der Waals surface area contributed by atoms with Crippen molar-refractivity contribution >= 4 is 17.8 Å². The fraction of sp³-hybridized carbons (Fsp3) is 0.679. The van der Waals surface area contributed by atoms with E-state index in [4.69, 9.17) is 28.4 Å². The van der Waals surface area contributed by atoms with Crippen molar-refractivity contribution < 1.29 is 42.8 Å². The largest absolute Gasteiger partial charge is 0.463 e. The molecule has 0 fully saturated rings. The van der Waals surface area contributed by atoms with Crippen LogP contribution in [0.1, 0.15) is 66.2 Å². The second-order valence-corrected chi connectivity index (χ2v) is 8.75. The van der Waals surface area contributed by atoms with Crippen molar-refractivity contribution in [3.63, 3.8) is 0 Å². The Morgan fingerprint density at radius 2 is 1.08 bits per heavy atom. The van der Waals surface area contributed by atoms with Crippen LogP contribution < -0.4 is 0 Å². The first kappa shape index (κ1) is 31.8. The summed E-state index contributed by atoms with van der Waals surface area (Å²) in [5.74, 6) is -0.712. The van der Waals surface area contributed by atoms with Gasteiger partial charge >= 0.3 is 5.97 Å². The third kappa shape index (κ3) is 12.9. The molecule has 1 aromatic carbocycles. The molecule has 0 spiro atoms. The Balaban J connectivity index is 1.27. The zero-order valence-corrected chi connectivity index (χ0v) is 22.7. The number of carbonyl (C=O) groups is 3. The molecule has 1 aromatic rings. The van der Waals surface area contributed by atoms with Crippen LogP contribution in [-0.2, 0) is 33.2 Å². The predicted octanol–water partition coefficient (Wildman–Crippen LogP) is 3.27. The summed E-state index contributed by atoms with van der Waals surface area (Å²) in [5, 5.41) is 0. The van der Waals surface area contributed by atoms with Gasteiger partial charge in [-0.2, -0.15) is 0 Å². The van der Waals surface area contributed by atoms with Gasteiger partial charge in [0.05, 0.1) is 83.7 Å². The number of benzene rings is 1. The zero-order chi connectivity index (χ0) is 27.3. The Labute approximate surface area is 225 Å². The molecule has 214 valence electrons. The van der Waals surface area contributed by atoms with Crippen molar-refractivity contribution in [2.45, 2.75) is 45.4 Å². The molecule has 1 aliphatic heterocycles. The zero-order valence-electron chi connectivity index (χ0n) is 22.7. The molecule has 1 aliphatic rings. The molecule has 2 rings (SSSR count). The normalized spacial score (nSPS) is 12.8. The minimum atomic E-state index is -0.277. The number of fused-ring (bicyclic) bond motifs is 1. The van der Waals surface area contributed by atoms with E-state index < -0.39 is 0 Å². The van der Waals surface area contributed by atoms with Crippen LogP contribution in [-0.4, -0.2) is 102 Å². The first-order valence-electron chi connectivity index (χ1n) is 13.6. The molecule has 0 atom stereocenters. The molecular weight excluding hydrogens is 494 g/mol. The summed E-state index contributed by atoms with van der Waals surface area (Å²) >= 11 is 0. The van der Waals surface area contributed by atoms with Crippen LogP contribution in [0.5, 0.6) is 0 Å². The highest BCUT2D eigenvalue weighted by Gasteiger charge is 2.34. The van der Waals surface area contributed by atoms with Crippen molar-refractivity contribution in [2.24, 2.45) is 0 Å². The summed E-state index contributed by atoms with van der Waals surface area (Å²) in [7, 11) is 0. The lowest BCUT2D eigenvalue weighted by atomic mass is 10.1. The topological polar surface area (TPSA) is 110 Å². The minimum absolute atomic E-state index is 0.158. The first-order chi connectivity index (χ1) is 18.6. The highest BCUT2D eigenvalue weighted by Crippen LogP contribution is 2.21. The van der Waals surface area contributed by atoms with Crippen molar-refractivity contribution in [2.75, 3.05) is 79.2 Å². The Morgan fingerprint density at radius 1 is 0.632 bits per heavy atom. The molecule has 0 aromatic heterocycles. The number of rotatable bonds is 24. The van der Waals surface area contributed by atoms with Crippen LogP contribution >= 0.6 is 0 Å². The highest BCUT2D eigenvalue weighted by atomic mass is 16.6. The van der Waals surface area contributed by atoms with Crippen molar-refractivity contribution in [3.05, 3.63) is 35.4 Å². The lowest BCUT2D eigenvalue weighted by Gasteiger charge is -2.13. The maximum atomic E-state index is 12.3.